The van der Waals surface area contributed by atoms with Gasteiger partial charge in [0.2, 0.25) is 0 Å². The highest BCUT2D eigenvalue weighted by molar-refractivity contribution is 6.32. The molecule has 0 aliphatic heterocycles. The predicted octanol–water partition coefficient (Wildman–Crippen LogP) is 2.34. The van der Waals surface area contributed by atoms with Crippen LogP contribution in [0.15, 0.2) is 12.1 Å². The maximum absolute atomic E-state index is 13.8. The Bertz CT molecular complexity index is 576. The highest BCUT2D eigenvalue weighted by Gasteiger charge is 2.17. The molecule has 1 aromatic heterocycles. The van der Waals surface area contributed by atoms with E-state index in [9.17, 15) is 8.78 Å². The maximum atomic E-state index is 13.8. The lowest BCUT2D eigenvalue weighted by Crippen LogP contribution is -2.21. The summed E-state index contributed by atoms with van der Waals surface area (Å²) in [6.45, 7) is 5.25. The Balaban J connectivity index is 2.28. The normalized spacial score (nSPS) is 11.3. The van der Waals surface area contributed by atoms with Gasteiger partial charge in [-0.25, -0.2) is 8.78 Å². The molecule has 1 N–H and O–H groups in total. The third-order valence-corrected chi connectivity index (χ3v) is 2.85. The molecular weight excluding hydrogens is 288 g/mol. The average Bonchev–Trinajstić information content (AvgIpc) is 2.75. The van der Waals surface area contributed by atoms with Gasteiger partial charge in [-0.15, -0.1) is 5.10 Å². The average molecular weight is 302 g/mol. The van der Waals surface area contributed by atoms with Crippen LogP contribution in [0.4, 0.5) is 8.78 Å². The summed E-state index contributed by atoms with van der Waals surface area (Å²) in [6, 6.07) is 1.77. The largest absolute Gasteiger partial charge is 0.310 e. The van der Waals surface area contributed by atoms with Gasteiger partial charge in [0, 0.05) is 6.07 Å². The molecule has 108 valence electrons. The molecular formula is C12H14ClF2N5. The number of nitrogens with one attached hydrogen (secondary N) is 1. The number of hydrogen-bond acceptors (Lipinski definition) is 4. The summed E-state index contributed by atoms with van der Waals surface area (Å²) in [4.78, 5) is 0. The summed E-state index contributed by atoms with van der Waals surface area (Å²) in [7, 11) is 0. The standard InChI is InChI=1S/C12H14ClF2N5/c1-7(2)5-16-6-11-17-18-19-20(11)12-9(13)3-8(14)4-10(12)15/h3-4,7,16H,5-6H2,1-2H3. The molecule has 0 aliphatic rings. The number of benzene rings is 1. The van der Waals surface area contributed by atoms with Crippen molar-refractivity contribution in [1.82, 2.24) is 25.5 Å². The second-order valence-electron chi connectivity index (χ2n) is 4.75. The van der Waals surface area contributed by atoms with Crippen molar-refractivity contribution in [2.45, 2.75) is 20.4 Å². The Morgan fingerprint density at radius 1 is 1.35 bits per heavy atom. The number of nitrogens with zero attached hydrogens (tertiary/aromatic N) is 4. The summed E-state index contributed by atoms with van der Waals surface area (Å²) in [5, 5.41) is 14.1. The van der Waals surface area contributed by atoms with Crippen molar-refractivity contribution in [2.75, 3.05) is 6.54 Å². The molecule has 2 rings (SSSR count). The van der Waals surface area contributed by atoms with Crippen LogP contribution in [0.3, 0.4) is 0 Å². The number of aromatic nitrogens is 4. The van der Waals surface area contributed by atoms with Gasteiger partial charge in [0.15, 0.2) is 11.6 Å². The minimum Gasteiger partial charge on any atom is -0.310 e. The van der Waals surface area contributed by atoms with Gasteiger partial charge in [0.1, 0.15) is 11.5 Å². The van der Waals surface area contributed by atoms with E-state index in [2.05, 4.69) is 34.7 Å². The van der Waals surface area contributed by atoms with Gasteiger partial charge < -0.3 is 5.32 Å². The molecule has 8 heteroatoms. The van der Waals surface area contributed by atoms with Crippen molar-refractivity contribution in [2.24, 2.45) is 5.92 Å². The minimum atomic E-state index is -0.813. The first kappa shape index (κ1) is 14.8. The van der Waals surface area contributed by atoms with E-state index in [1.807, 2.05) is 0 Å². The number of tetrazole rings is 1. The first-order chi connectivity index (χ1) is 9.49. The molecule has 1 aromatic carbocycles. The van der Waals surface area contributed by atoms with Crippen molar-refractivity contribution in [3.8, 4) is 5.69 Å². The Morgan fingerprint density at radius 2 is 2.10 bits per heavy atom. The second kappa shape index (κ2) is 6.23. The molecule has 0 bridgehead atoms. The smallest absolute Gasteiger partial charge is 0.170 e. The van der Waals surface area contributed by atoms with Crippen molar-refractivity contribution in [3.05, 3.63) is 34.6 Å². The summed E-state index contributed by atoms with van der Waals surface area (Å²) in [5.41, 5.74) is -0.0561. The van der Waals surface area contributed by atoms with E-state index < -0.39 is 11.6 Å². The second-order valence-corrected chi connectivity index (χ2v) is 5.16. The van der Waals surface area contributed by atoms with Gasteiger partial charge in [-0.05, 0) is 29.0 Å². The Hall–Kier alpha value is -1.60. The highest BCUT2D eigenvalue weighted by atomic mass is 35.5. The fraction of sp³-hybridized carbons (Fsp3) is 0.417. The van der Waals surface area contributed by atoms with Crippen molar-refractivity contribution in [3.63, 3.8) is 0 Å². The molecule has 0 saturated heterocycles. The lowest BCUT2D eigenvalue weighted by atomic mass is 10.2. The maximum Gasteiger partial charge on any atom is 0.170 e. The Kier molecular flexibility index (Phi) is 4.61. The van der Waals surface area contributed by atoms with Crippen LogP contribution in [-0.2, 0) is 6.54 Å². The quantitative estimate of drug-likeness (QED) is 0.921. The van der Waals surface area contributed by atoms with E-state index in [0.29, 0.717) is 18.3 Å². The molecule has 0 fully saturated rings. The lowest BCUT2D eigenvalue weighted by Gasteiger charge is -2.09. The molecule has 0 spiro atoms. The van der Waals surface area contributed by atoms with Crippen LogP contribution in [0.2, 0.25) is 5.02 Å². The molecule has 5 nitrogen and oxygen atoms in total. The van der Waals surface area contributed by atoms with Crippen molar-refractivity contribution < 1.29 is 8.78 Å². The van der Waals surface area contributed by atoms with E-state index in [4.69, 9.17) is 11.6 Å². The fourth-order valence-corrected chi connectivity index (χ4v) is 1.97. The topological polar surface area (TPSA) is 55.6 Å². The zero-order valence-electron chi connectivity index (χ0n) is 11.1. The van der Waals surface area contributed by atoms with Gasteiger partial charge in [-0.1, -0.05) is 25.4 Å². The molecule has 0 aliphatic carbocycles. The minimum absolute atomic E-state index is 0.0561. The molecule has 0 unspecified atom stereocenters. The van der Waals surface area contributed by atoms with E-state index in [1.54, 1.807) is 0 Å². The van der Waals surface area contributed by atoms with Gasteiger partial charge in [0.05, 0.1) is 11.6 Å². The SMILES string of the molecule is CC(C)CNCc1nnnn1-c1c(F)cc(F)cc1Cl. The number of halogens is 3. The first-order valence-electron chi connectivity index (χ1n) is 6.12. The zero-order chi connectivity index (χ0) is 14.7. The molecule has 0 amide bonds. The van der Waals surface area contributed by atoms with Gasteiger partial charge in [-0.3, -0.25) is 0 Å². The van der Waals surface area contributed by atoms with Crippen LogP contribution in [0.5, 0.6) is 0 Å². The number of rotatable bonds is 5. The highest BCUT2D eigenvalue weighted by Crippen LogP contribution is 2.24. The summed E-state index contributed by atoms with van der Waals surface area (Å²) >= 11 is 5.87. The molecule has 1 heterocycles. The molecule has 0 saturated carbocycles. The lowest BCUT2D eigenvalue weighted by molar-refractivity contribution is 0.532. The van der Waals surface area contributed by atoms with Crippen LogP contribution in [0, 0.1) is 17.6 Å². The summed E-state index contributed by atoms with van der Waals surface area (Å²) < 4.78 is 28.1. The number of hydrogen-bond donors (Lipinski definition) is 1. The third kappa shape index (κ3) is 3.29. The van der Waals surface area contributed by atoms with E-state index >= 15 is 0 Å². The Morgan fingerprint density at radius 3 is 2.75 bits per heavy atom. The van der Waals surface area contributed by atoms with Gasteiger partial charge in [-0.2, -0.15) is 4.68 Å². The molecule has 0 radical (unpaired) electrons. The molecule has 2 aromatic rings. The third-order valence-electron chi connectivity index (χ3n) is 2.56. The molecule has 20 heavy (non-hydrogen) atoms. The Labute approximate surface area is 119 Å². The van der Waals surface area contributed by atoms with Crippen LogP contribution < -0.4 is 5.32 Å². The van der Waals surface area contributed by atoms with Crippen LogP contribution in [0.1, 0.15) is 19.7 Å². The first-order valence-corrected chi connectivity index (χ1v) is 6.49. The van der Waals surface area contributed by atoms with E-state index in [0.717, 1.165) is 18.7 Å². The van der Waals surface area contributed by atoms with E-state index in [-0.39, 0.29) is 10.7 Å². The van der Waals surface area contributed by atoms with Gasteiger partial charge >= 0.3 is 0 Å². The predicted molar refractivity (Wildman–Crippen MR) is 70.6 cm³/mol. The summed E-state index contributed by atoms with van der Waals surface area (Å²) in [5.74, 6) is -0.695. The van der Waals surface area contributed by atoms with Crippen molar-refractivity contribution >= 4 is 11.6 Å². The fourth-order valence-electron chi connectivity index (χ4n) is 1.70. The van der Waals surface area contributed by atoms with Crippen molar-refractivity contribution in [1.29, 1.82) is 0 Å². The van der Waals surface area contributed by atoms with E-state index in [1.165, 1.54) is 4.68 Å². The monoisotopic (exact) mass is 301 g/mol. The van der Waals surface area contributed by atoms with Crippen LogP contribution in [0.25, 0.3) is 5.69 Å². The van der Waals surface area contributed by atoms with Gasteiger partial charge in [0.25, 0.3) is 0 Å². The zero-order valence-corrected chi connectivity index (χ0v) is 11.8. The summed E-state index contributed by atoms with van der Waals surface area (Å²) in [6.07, 6.45) is 0. The van der Waals surface area contributed by atoms with Crippen LogP contribution in [-0.4, -0.2) is 26.8 Å². The molecule has 0 atom stereocenters. The van der Waals surface area contributed by atoms with Crippen LogP contribution >= 0.6 is 11.6 Å².